The fourth-order valence-electron chi connectivity index (χ4n) is 9.14. The molecule has 2 N–H and O–H groups in total. The first-order valence-electron chi connectivity index (χ1n) is 17.5. The molecule has 1 saturated carbocycles. The predicted molar refractivity (Wildman–Crippen MR) is 197 cm³/mol. The van der Waals surface area contributed by atoms with Gasteiger partial charge in [0.05, 0.1) is 46.7 Å². The van der Waals surface area contributed by atoms with Gasteiger partial charge in [-0.2, -0.15) is 5.01 Å². The molecule has 2 heterocycles. The number of methoxy groups -OCH3 is 1. The summed E-state index contributed by atoms with van der Waals surface area (Å²) in [6.45, 7) is 3.39. The van der Waals surface area contributed by atoms with Crippen molar-refractivity contribution >= 4 is 52.4 Å². The summed E-state index contributed by atoms with van der Waals surface area (Å²) < 4.78 is 5.53. The minimum atomic E-state index is -1.51. The van der Waals surface area contributed by atoms with Crippen LogP contribution in [0.25, 0.3) is 0 Å². The van der Waals surface area contributed by atoms with E-state index in [-0.39, 0.29) is 41.1 Å². The molecule has 10 nitrogen and oxygen atoms in total. The number of phenolic OH excluding ortho intramolecular Hbond substituents is 1. The van der Waals surface area contributed by atoms with Gasteiger partial charge in [0.1, 0.15) is 0 Å². The lowest BCUT2D eigenvalue weighted by Gasteiger charge is -2.50. The van der Waals surface area contributed by atoms with Crippen LogP contribution in [0.2, 0.25) is 5.02 Å². The Morgan fingerprint density at radius 2 is 1.60 bits per heavy atom. The van der Waals surface area contributed by atoms with Gasteiger partial charge in [0.25, 0.3) is 11.8 Å². The van der Waals surface area contributed by atoms with Crippen molar-refractivity contribution in [2.75, 3.05) is 17.4 Å². The lowest BCUT2D eigenvalue weighted by molar-refractivity contribution is -0.138. The molecule has 2 aliphatic heterocycles. The highest BCUT2D eigenvalue weighted by atomic mass is 35.5. The Hall–Kier alpha value is -5.74. The zero-order valence-electron chi connectivity index (χ0n) is 29.2. The third kappa shape index (κ3) is 5.10. The Labute approximate surface area is 311 Å². The highest BCUT2D eigenvalue weighted by molar-refractivity contribution is 6.32. The number of carbonyl (C=O) groups excluding carboxylic acids is 5. The largest absolute Gasteiger partial charge is 0.503 e. The number of benzene rings is 4. The van der Waals surface area contributed by atoms with E-state index in [1.54, 1.807) is 48.5 Å². The topological polar surface area (TPSA) is 133 Å². The standard InChI is InChI=1S/C42H36ClN3O7/c1-22-9-13-27(14-10-22)44-46-39(50)32-21-31-29(17-18-30-35(31)40(51)45(38(30)49)28-15-11-24(12-16-28)23(2)47)36(25-19-33(43)37(48)34(20-25)53-3)42(32,41(46)52)26-7-5-4-6-8-26/h4-17,19-20,30-32,35-36,44,48H,18,21H2,1-3H3/t30-,31+,32-,35-,36-,42+/m0/s1. The zero-order valence-corrected chi connectivity index (χ0v) is 30.0. The van der Waals surface area contributed by atoms with E-state index >= 15 is 4.79 Å². The average molecular weight is 730 g/mol. The summed E-state index contributed by atoms with van der Waals surface area (Å²) in [4.78, 5) is 71.9. The van der Waals surface area contributed by atoms with Gasteiger partial charge in [-0.15, -0.1) is 0 Å². The van der Waals surface area contributed by atoms with E-state index in [4.69, 9.17) is 16.3 Å². The van der Waals surface area contributed by atoms with Crippen molar-refractivity contribution in [1.82, 2.24) is 5.01 Å². The molecular formula is C42H36ClN3O7. The van der Waals surface area contributed by atoms with Crippen molar-refractivity contribution in [3.63, 3.8) is 0 Å². The summed E-state index contributed by atoms with van der Waals surface area (Å²) in [6.07, 6.45) is 2.30. The number of hydrogen-bond acceptors (Lipinski definition) is 8. The summed E-state index contributed by atoms with van der Waals surface area (Å²) in [5.41, 5.74) is 5.81. The molecule has 11 heteroatoms. The number of phenols is 1. The molecule has 4 amide bonds. The van der Waals surface area contributed by atoms with E-state index in [0.29, 0.717) is 28.1 Å². The first-order valence-corrected chi connectivity index (χ1v) is 17.9. The molecule has 0 aromatic heterocycles. The molecule has 8 rings (SSSR count). The van der Waals surface area contributed by atoms with Gasteiger partial charge in [0, 0.05) is 11.5 Å². The van der Waals surface area contributed by atoms with E-state index < -0.39 is 52.7 Å². The number of hydrazine groups is 1. The van der Waals surface area contributed by atoms with Gasteiger partial charge in [0.2, 0.25) is 11.8 Å². The van der Waals surface area contributed by atoms with Crippen LogP contribution in [-0.2, 0) is 24.6 Å². The Morgan fingerprint density at radius 3 is 2.26 bits per heavy atom. The van der Waals surface area contributed by atoms with Crippen molar-refractivity contribution in [3.8, 4) is 11.5 Å². The summed E-state index contributed by atoms with van der Waals surface area (Å²) in [6, 6.07) is 26.1. The normalized spacial score (nSPS) is 26.2. The number of rotatable bonds is 7. The number of anilines is 2. The maximum Gasteiger partial charge on any atom is 0.260 e. The molecule has 268 valence electrons. The average Bonchev–Trinajstić information content (AvgIpc) is 3.54. The van der Waals surface area contributed by atoms with Crippen LogP contribution in [0, 0.1) is 30.6 Å². The fraction of sp³-hybridized carbons (Fsp3) is 0.262. The number of aryl methyl sites for hydroxylation is 1. The second-order valence-electron chi connectivity index (χ2n) is 14.3. The number of amides is 4. The Morgan fingerprint density at radius 1 is 0.906 bits per heavy atom. The van der Waals surface area contributed by atoms with Crippen molar-refractivity contribution in [2.45, 2.75) is 38.0 Å². The van der Waals surface area contributed by atoms with Gasteiger partial charge in [-0.3, -0.25) is 34.3 Å². The number of fused-ring (bicyclic) bond motifs is 4. The molecular weight excluding hydrogens is 694 g/mol. The number of allylic oxidation sites excluding steroid dienone is 2. The summed E-state index contributed by atoms with van der Waals surface area (Å²) in [7, 11) is 1.40. The van der Waals surface area contributed by atoms with Crippen LogP contribution in [0.5, 0.6) is 11.5 Å². The minimum Gasteiger partial charge on any atom is -0.503 e. The molecule has 3 fully saturated rings. The van der Waals surface area contributed by atoms with Gasteiger partial charge in [0.15, 0.2) is 17.3 Å². The molecule has 2 aliphatic carbocycles. The van der Waals surface area contributed by atoms with Crippen LogP contribution in [-0.4, -0.2) is 46.6 Å². The monoisotopic (exact) mass is 729 g/mol. The number of nitrogens with one attached hydrogen (secondary N) is 1. The van der Waals surface area contributed by atoms with Gasteiger partial charge >= 0.3 is 0 Å². The Kier molecular flexibility index (Phi) is 8.25. The van der Waals surface area contributed by atoms with Crippen LogP contribution in [0.3, 0.4) is 0 Å². The van der Waals surface area contributed by atoms with Crippen molar-refractivity contribution in [2.24, 2.45) is 23.7 Å². The molecule has 0 bridgehead atoms. The first kappa shape index (κ1) is 34.4. The number of ether oxygens (including phenoxy) is 1. The Balaban J connectivity index is 1.32. The van der Waals surface area contributed by atoms with Crippen molar-refractivity contribution in [3.05, 3.63) is 130 Å². The zero-order chi connectivity index (χ0) is 37.3. The van der Waals surface area contributed by atoms with Crippen molar-refractivity contribution in [1.29, 1.82) is 0 Å². The highest BCUT2D eigenvalue weighted by Gasteiger charge is 2.70. The predicted octanol–water partition coefficient (Wildman–Crippen LogP) is 6.75. The molecule has 4 aromatic carbocycles. The molecule has 6 atom stereocenters. The fourth-order valence-corrected chi connectivity index (χ4v) is 9.36. The number of nitrogens with zero attached hydrogens (tertiary/aromatic N) is 2. The number of carbonyl (C=O) groups is 5. The Bertz CT molecular complexity index is 2240. The molecule has 0 unspecified atom stereocenters. The highest BCUT2D eigenvalue weighted by Crippen LogP contribution is 2.64. The van der Waals surface area contributed by atoms with Crippen LogP contribution >= 0.6 is 11.6 Å². The van der Waals surface area contributed by atoms with E-state index in [1.807, 2.05) is 55.5 Å². The van der Waals surface area contributed by atoms with Crippen LogP contribution in [0.15, 0.2) is 103 Å². The lowest BCUT2D eigenvalue weighted by Crippen LogP contribution is -2.53. The summed E-state index contributed by atoms with van der Waals surface area (Å²) in [5, 5.41) is 11.9. The maximum absolute atomic E-state index is 15.3. The maximum atomic E-state index is 15.3. The number of Topliss-reactive ketones (excluding diaryl/α,β-unsaturated/α-hetero) is 1. The van der Waals surface area contributed by atoms with Gasteiger partial charge < -0.3 is 9.84 Å². The number of aromatic hydroxyl groups is 1. The summed E-state index contributed by atoms with van der Waals surface area (Å²) >= 11 is 6.64. The van der Waals surface area contributed by atoms with Gasteiger partial charge in [-0.25, -0.2) is 0 Å². The lowest BCUT2D eigenvalue weighted by atomic mass is 9.49. The van der Waals surface area contributed by atoms with Crippen LogP contribution in [0.1, 0.15) is 52.7 Å². The second kappa shape index (κ2) is 12.7. The number of hydrogen-bond donors (Lipinski definition) is 2. The van der Waals surface area contributed by atoms with Crippen LogP contribution in [0.4, 0.5) is 11.4 Å². The minimum absolute atomic E-state index is 0.00534. The van der Waals surface area contributed by atoms with Crippen LogP contribution < -0.4 is 15.1 Å². The van der Waals surface area contributed by atoms with Gasteiger partial charge in [-0.05, 0) is 92.3 Å². The van der Waals surface area contributed by atoms with Crippen molar-refractivity contribution < 1.29 is 33.8 Å². The quantitative estimate of drug-likeness (QED) is 0.121. The SMILES string of the molecule is COc1cc([C@H]2C3=CC[C@@H]4C(=O)N(c5ccc(C(C)=O)cc5)C(=O)[C@@H]4[C@@H]3C[C@H]3C(=O)N(Nc4ccc(C)cc4)C(=O)[C@@]23c2ccccc2)cc(Cl)c1O. The van der Waals surface area contributed by atoms with E-state index in [0.717, 1.165) is 16.1 Å². The smallest absolute Gasteiger partial charge is 0.260 e. The second-order valence-corrected chi connectivity index (χ2v) is 14.7. The van der Waals surface area contributed by atoms with E-state index in [9.17, 15) is 24.3 Å². The molecule has 4 aromatic rings. The summed E-state index contributed by atoms with van der Waals surface area (Å²) in [5.74, 6) is -5.95. The van der Waals surface area contributed by atoms with E-state index in [1.165, 1.54) is 18.9 Å². The molecule has 0 spiro atoms. The molecule has 2 saturated heterocycles. The van der Waals surface area contributed by atoms with E-state index in [2.05, 4.69) is 5.43 Å². The third-order valence-electron chi connectivity index (χ3n) is 11.5. The number of halogens is 1. The molecule has 53 heavy (non-hydrogen) atoms. The molecule has 4 aliphatic rings. The third-order valence-corrected chi connectivity index (χ3v) is 11.8. The first-order chi connectivity index (χ1) is 25.5. The number of ketones is 1. The number of imide groups is 2. The molecule has 0 radical (unpaired) electrons. The van der Waals surface area contributed by atoms with Gasteiger partial charge in [-0.1, -0.05) is 71.3 Å².